The number of piperidine rings is 1. The maximum atomic E-state index is 12.3. The van der Waals surface area contributed by atoms with Gasteiger partial charge >= 0.3 is 6.03 Å². The zero-order valence-electron chi connectivity index (χ0n) is 17.7. The monoisotopic (exact) mass is 398 g/mol. The minimum absolute atomic E-state index is 0.207. The molecule has 1 unspecified atom stereocenters. The highest BCUT2D eigenvalue weighted by molar-refractivity contribution is 5.99. The van der Waals surface area contributed by atoms with E-state index in [4.69, 9.17) is 0 Å². The van der Waals surface area contributed by atoms with E-state index in [1.165, 1.54) is 31.5 Å². The van der Waals surface area contributed by atoms with Crippen molar-refractivity contribution < 1.29 is 14.0 Å². The van der Waals surface area contributed by atoms with E-state index in [1.807, 2.05) is 10.6 Å². The molecule has 3 aliphatic heterocycles. The Bertz CT molecular complexity index is 918. The number of pyridine rings is 1. The Morgan fingerprint density at radius 2 is 1.97 bits per heavy atom. The molecule has 0 saturated carbocycles. The Morgan fingerprint density at radius 1 is 1.21 bits per heavy atom. The van der Waals surface area contributed by atoms with Crippen molar-refractivity contribution in [2.45, 2.75) is 52.5 Å². The Balaban J connectivity index is 1.47. The third-order valence-corrected chi connectivity index (χ3v) is 6.76. The molecule has 0 aromatic carbocycles. The van der Waals surface area contributed by atoms with Crippen molar-refractivity contribution in [3.8, 4) is 0 Å². The van der Waals surface area contributed by atoms with Crippen LogP contribution in [0.15, 0.2) is 23.4 Å². The lowest BCUT2D eigenvalue weighted by atomic mass is 9.89. The van der Waals surface area contributed by atoms with Crippen LogP contribution in [-0.2, 0) is 11.2 Å². The smallest absolute Gasteiger partial charge is 0.300 e. The molecule has 1 aromatic heterocycles. The molecule has 1 atom stereocenters. The van der Waals surface area contributed by atoms with Crippen molar-refractivity contribution in [2.75, 3.05) is 26.2 Å². The zero-order valence-corrected chi connectivity index (χ0v) is 17.7. The third kappa shape index (κ3) is 4.20. The van der Waals surface area contributed by atoms with Gasteiger partial charge in [-0.2, -0.15) is 0 Å². The molecule has 4 heterocycles. The SMILES string of the molecule is CC(C)C(C)N1CCC(Cc2cc[n+]3c(c2)=C(N2CCC(=O)NC2=O)CN=3)CC1. The zero-order chi connectivity index (χ0) is 20.5. The van der Waals surface area contributed by atoms with Gasteiger partial charge in [-0.25, -0.2) is 4.79 Å². The largest absolute Gasteiger partial charge is 0.328 e. The molecule has 3 aliphatic rings. The quantitative estimate of drug-likeness (QED) is 0.762. The predicted octanol–water partition coefficient (Wildman–Crippen LogP) is 1.37. The average Bonchev–Trinajstić information content (AvgIpc) is 3.11. The molecule has 29 heavy (non-hydrogen) atoms. The lowest BCUT2D eigenvalue weighted by molar-refractivity contribution is -0.557. The first kappa shape index (κ1) is 20.0. The van der Waals surface area contributed by atoms with E-state index in [0.717, 1.165) is 17.5 Å². The number of amides is 3. The van der Waals surface area contributed by atoms with Crippen LogP contribution >= 0.6 is 0 Å². The minimum Gasteiger partial charge on any atom is -0.300 e. The molecule has 2 saturated heterocycles. The van der Waals surface area contributed by atoms with Crippen LogP contribution in [0.3, 0.4) is 0 Å². The van der Waals surface area contributed by atoms with Gasteiger partial charge in [0.1, 0.15) is 12.2 Å². The third-order valence-electron chi connectivity index (χ3n) is 6.76. The van der Waals surface area contributed by atoms with Crippen molar-refractivity contribution >= 4 is 17.6 Å². The standard InChI is InChI=1S/C22H31N5O2/c1-15(2)16(3)25-8-4-17(5-9-25)12-18-6-11-27-19(13-18)20(14-23-27)26-10-7-21(28)24-22(26)29/h6,11,13,15-17H,4-5,7-10,12,14H2,1-3H3/p+1. The maximum Gasteiger partial charge on any atom is 0.328 e. The van der Waals surface area contributed by atoms with Crippen LogP contribution in [0.4, 0.5) is 4.79 Å². The van der Waals surface area contributed by atoms with Gasteiger partial charge in [0.15, 0.2) is 0 Å². The van der Waals surface area contributed by atoms with Gasteiger partial charge < -0.3 is 4.90 Å². The lowest BCUT2D eigenvalue weighted by Crippen LogP contribution is -2.50. The first-order valence-electron chi connectivity index (χ1n) is 10.9. The van der Waals surface area contributed by atoms with E-state index >= 15 is 0 Å². The van der Waals surface area contributed by atoms with E-state index in [-0.39, 0.29) is 11.9 Å². The van der Waals surface area contributed by atoms with Crippen LogP contribution in [0.25, 0.3) is 5.70 Å². The number of fused-ring (bicyclic) bond motifs is 1. The molecule has 0 bridgehead atoms. The molecule has 1 aromatic rings. The Morgan fingerprint density at radius 3 is 2.66 bits per heavy atom. The normalized spacial score (nSPS) is 21.9. The summed E-state index contributed by atoms with van der Waals surface area (Å²) >= 11 is 0. The molecule has 0 spiro atoms. The van der Waals surface area contributed by atoms with Crippen molar-refractivity contribution in [2.24, 2.45) is 17.0 Å². The summed E-state index contributed by atoms with van der Waals surface area (Å²) in [6.45, 7) is 10.2. The molecule has 4 rings (SSSR count). The van der Waals surface area contributed by atoms with Crippen molar-refractivity contribution in [3.05, 3.63) is 29.2 Å². The van der Waals surface area contributed by atoms with Gasteiger partial charge in [-0.05, 0) is 61.8 Å². The fourth-order valence-electron chi connectivity index (χ4n) is 4.59. The Hall–Kier alpha value is -2.28. The number of aromatic nitrogens is 1. The highest BCUT2D eigenvalue weighted by Crippen LogP contribution is 2.24. The summed E-state index contributed by atoms with van der Waals surface area (Å²) in [5.41, 5.74) is 2.19. The Kier molecular flexibility index (Phi) is 5.67. The number of urea groups is 1. The van der Waals surface area contributed by atoms with E-state index in [2.05, 4.69) is 48.2 Å². The molecule has 3 amide bonds. The molecule has 1 N–H and O–H groups in total. The number of likely N-dealkylation sites (tertiary alicyclic amines) is 1. The van der Waals surface area contributed by atoms with Crippen LogP contribution in [-0.4, -0.2) is 54.0 Å². The fourth-order valence-corrected chi connectivity index (χ4v) is 4.59. The topological polar surface area (TPSA) is 70.9 Å². The van der Waals surface area contributed by atoms with Gasteiger partial charge in [0.25, 0.3) is 5.35 Å². The van der Waals surface area contributed by atoms with Gasteiger partial charge in [-0.15, -0.1) is 0 Å². The molecular formula is C22H32N5O2+. The molecule has 7 heteroatoms. The first-order valence-corrected chi connectivity index (χ1v) is 10.9. The summed E-state index contributed by atoms with van der Waals surface area (Å²) in [7, 11) is 0. The number of carbonyl (C=O) groups is 2. The van der Waals surface area contributed by atoms with Gasteiger partial charge in [-0.1, -0.05) is 18.2 Å². The second-order valence-electron chi connectivity index (χ2n) is 8.93. The van der Waals surface area contributed by atoms with Crippen LogP contribution in [0.5, 0.6) is 0 Å². The van der Waals surface area contributed by atoms with Crippen molar-refractivity contribution in [1.29, 1.82) is 0 Å². The number of nitrogens with zero attached hydrogens (tertiary/aromatic N) is 4. The summed E-state index contributed by atoms with van der Waals surface area (Å²) in [6, 6.07) is 4.64. The number of rotatable bonds is 5. The van der Waals surface area contributed by atoms with E-state index in [1.54, 1.807) is 4.90 Å². The van der Waals surface area contributed by atoms with Gasteiger partial charge in [0.05, 0.1) is 0 Å². The van der Waals surface area contributed by atoms with Crippen molar-refractivity contribution in [1.82, 2.24) is 15.1 Å². The predicted molar refractivity (Wildman–Crippen MR) is 110 cm³/mol. The molecule has 2 fully saturated rings. The van der Waals surface area contributed by atoms with Crippen LogP contribution in [0.2, 0.25) is 0 Å². The van der Waals surface area contributed by atoms with Crippen molar-refractivity contribution in [3.63, 3.8) is 0 Å². The summed E-state index contributed by atoms with van der Waals surface area (Å²) in [4.78, 5) is 28.0. The Labute approximate surface area is 172 Å². The summed E-state index contributed by atoms with van der Waals surface area (Å²) in [6.07, 6.45) is 5.87. The minimum atomic E-state index is -0.336. The molecule has 156 valence electrons. The summed E-state index contributed by atoms with van der Waals surface area (Å²) in [5.74, 6) is 1.19. The molecule has 0 aliphatic carbocycles. The number of hydrogen-bond acceptors (Lipinski definition) is 4. The van der Waals surface area contributed by atoms with Gasteiger partial charge in [0.2, 0.25) is 12.1 Å². The molecular weight excluding hydrogens is 366 g/mol. The maximum absolute atomic E-state index is 12.3. The number of imide groups is 1. The highest BCUT2D eigenvalue weighted by atomic mass is 16.2. The highest BCUT2D eigenvalue weighted by Gasteiger charge is 2.31. The van der Waals surface area contributed by atoms with E-state index in [0.29, 0.717) is 37.4 Å². The fraction of sp³-hybridized carbons (Fsp3) is 0.636. The van der Waals surface area contributed by atoms with Crippen LogP contribution < -0.4 is 15.0 Å². The molecule has 0 radical (unpaired) electrons. The second kappa shape index (κ2) is 8.22. The van der Waals surface area contributed by atoms with Crippen LogP contribution in [0, 0.1) is 11.8 Å². The number of nitrogens with one attached hydrogen (secondary N) is 1. The lowest BCUT2D eigenvalue weighted by Gasteiger charge is -2.37. The average molecular weight is 399 g/mol. The second-order valence-corrected chi connectivity index (χ2v) is 8.93. The summed E-state index contributed by atoms with van der Waals surface area (Å²) in [5, 5.41) is 7.89. The summed E-state index contributed by atoms with van der Waals surface area (Å²) < 4.78 is 1.86. The molecule has 7 nitrogen and oxygen atoms in total. The van der Waals surface area contributed by atoms with E-state index < -0.39 is 0 Å². The number of carbonyl (C=O) groups excluding carboxylic acids is 2. The number of hydrogen-bond donors (Lipinski definition) is 1. The van der Waals surface area contributed by atoms with Gasteiger partial charge in [0, 0.05) is 31.1 Å². The van der Waals surface area contributed by atoms with Crippen LogP contribution in [0.1, 0.15) is 45.6 Å². The first-order chi connectivity index (χ1) is 13.9. The van der Waals surface area contributed by atoms with Gasteiger partial charge in [-0.3, -0.25) is 15.0 Å². The van der Waals surface area contributed by atoms with E-state index in [9.17, 15) is 9.59 Å².